The Bertz CT molecular complexity index is 1270. The second-order valence-corrected chi connectivity index (χ2v) is 9.78. The molecule has 1 fully saturated rings. The van der Waals surface area contributed by atoms with Crippen molar-refractivity contribution in [2.45, 2.75) is 30.8 Å². The van der Waals surface area contributed by atoms with Gasteiger partial charge in [0.1, 0.15) is 18.1 Å². The van der Waals surface area contributed by atoms with Gasteiger partial charge in [0.05, 0.1) is 39.0 Å². The van der Waals surface area contributed by atoms with E-state index in [4.69, 9.17) is 18.9 Å². The molecule has 2 atom stereocenters. The highest BCUT2D eigenvalue weighted by Crippen LogP contribution is 2.44. The summed E-state index contributed by atoms with van der Waals surface area (Å²) >= 11 is 0. The molecule has 3 aromatic rings. The van der Waals surface area contributed by atoms with Crippen molar-refractivity contribution in [1.82, 2.24) is 4.90 Å². The Hall–Kier alpha value is -3.77. The van der Waals surface area contributed by atoms with E-state index in [0.29, 0.717) is 26.4 Å². The average molecular weight is 498 g/mol. The third-order valence-electron chi connectivity index (χ3n) is 7.56. The molecule has 2 heterocycles. The molecule has 6 nitrogen and oxygen atoms in total. The molecule has 0 aromatic heterocycles. The van der Waals surface area contributed by atoms with Crippen molar-refractivity contribution >= 4 is 6.09 Å². The van der Waals surface area contributed by atoms with Gasteiger partial charge in [-0.15, -0.1) is 0 Å². The van der Waals surface area contributed by atoms with Gasteiger partial charge in [0.25, 0.3) is 0 Å². The number of fused-ring (bicyclic) bond motifs is 5. The van der Waals surface area contributed by atoms with Crippen LogP contribution in [-0.4, -0.2) is 56.6 Å². The molecule has 0 spiro atoms. The second kappa shape index (κ2) is 10.3. The largest absolute Gasteiger partial charge is 0.497 e. The van der Waals surface area contributed by atoms with E-state index in [-0.39, 0.29) is 24.1 Å². The summed E-state index contributed by atoms with van der Waals surface area (Å²) < 4.78 is 23.0. The fourth-order valence-electron chi connectivity index (χ4n) is 5.81. The maximum atomic E-state index is 13.3. The van der Waals surface area contributed by atoms with E-state index in [2.05, 4.69) is 54.6 Å². The fraction of sp³-hybridized carbons (Fsp3) is 0.323. The van der Waals surface area contributed by atoms with E-state index in [9.17, 15) is 4.79 Å². The highest BCUT2D eigenvalue weighted by atomic mass is 16.6. The van der Waals surface area contributed by atoms with Gasteiger partial charge in [0.15, 0.2) is 0 Å². The molecule has 2 unspecified atom stereocenters. The first kappa shape index (κ1) is 23.6. The lowest BCUT2D eigenvalue weighted by Crippen LogP contribution is -2.56. The molecule has 3 aliphatic rings. The van der Waals surface area contributed by atoms with Gasteiger partial charge in [-0.05, 0) is 40.8 Å². The number of morpholine rings is 1. The molecule has 190 valence electrons. The summed E-state index contributed by atoms with van der Waals surface area (Å²) in [5, 5.41) is 0. The molecule has 3 aromatic carbocycles. The number of methoxy groups -OCH3 is 1. The summed E-state index contributed by atoms with van der Waals surface area (Å²) in [4.78, 5) is 15.2. The number of carbonyl (C=O) groups excluding carboxylic acids is 1. The van der Waals surface area contributed by atoms with Gasteiger partial charge in [0, 0.05) is 18.4 Å². The molecule has 1 aliphatic carbocycles. The number of nitrogens with zero attached hydrogens (tertiary/aromatic N) is 1. The Morgan fingerprint density at radius 1 is 0.946 bits per heavy atom. The van der Waals surface area contributed by atoms with Crippen LogP contribution in [0.2, 0.25) is 0 Å². The molecular formula is C31H31NO5. The third-order valence-corrected chi connectivity index (χ3v) is 7.56. The Morgan fingerprint density at radius 3 is 2.41 bits per heavy atom. The van der Waals surface area contributed by atoms with Crippen molar-refractivity contribution < 1.29 is 23.7 Å². The van der Waals surface area contributed by atoms with E-state index in [0.717, 1.165) is 24.3 Å². The van der Waals surface area contributed by atoms with Crippen LogP contribution < -0.4 is 9.47 Å². The lowest BCUT2D eigenvalue weighted by atomic mass is 9.93. The number of hydrogen-bond acceptors (Lipinski definition) is 5. The number of carbonyl (C=O) groups is 1. The van der Waals surface area contributed by atoms with Crippen molar-refractivity contribution in [2.75, 3.05) is 33.5 Å². The number of amides is 1. The predicted octanol–water partition coefficient (Wildman–Crippen LogP) is 5.81. The average Bonchev–Trinajstić information content (AvgIpc) is 3.25. The molecule has 6 heteroatoms. The van der Waals surface area contributed by atoms with Crippen LogP contribution in [0.5, 0.6) is 11.5 Å². The van der Waals surface area contributed by atoms with Crippen LogP contribution in [0.25, 0.3) is 11.1 Å². The van der Waals surface area contributed by atoms with Gasteiger partial charge in [-0.3, -0.25) is 4.90 Å². The molecule has 2 aliphatic heterocycles. The zero-order valence-electron chi connectivity index (χ0n) is 21.0. The minimum absolute atomic E-state index is 0.0220. The number of hydrogen-bond donors (Lipinski definition) is 0. The van der Waals surface area contributed by atoms with Gasteiger partial charge in [-0.25, -0.2) is 4.79 Å². The zero-order valence-corrected chi connectivity index (χ0v) is 21.0. The van der Waals surface area contributed by atoms with Crippen LogP contribution in [0.3, 0.4) is 0 Å². The quantitative estimate of drug-likeness (QED) is 0.386. The van der Waals surface area contributed by atoms with Crippen LogP contribution in [0, 0.1) is 0 Å². The second-order valence-electron chi connectivity index (χ2n) is 9.78. The van der Waals surface area contributed by atoms with Gasteiger partial charge < -0.3 is 18.9 Å². The van der Waals surface area contributed by atoms with E-state index in [1.165, 1.54) is 27.8 Å². The number of benzene rings is 3. The lowest BCUT2D eigenvalue weighted by Gasteiger charge is -2.44. The fourth-order valence-corrected chi connectivity index (χ4v) is 5.81. The standard InChI is InChI=1S/C31H31NO5/c1-34-24-7-6-8-25(17-24)36-14-13-21-15-22-18-35-19-23(16-21)32(22)31(33)37-20-30-28-11-4-2-9-26(28)27-10-3-5-12-29(27)30/h2-12,15,17,22-23,30H,13-14,16,18-20H2,1H3. The maximum Gasteiger partial charge on any atom is 0.410 e. The van der Waals surface area contributed by atoms with Crippen LogP contribution in [0.4, 0.5) is 4.79 Å². The molecule has 2 bridgehead atoms. The van der Waals surface area contributed by atoms with Gasteiger partial charge in [-0.2, -0.15) is 0 Å². The van der Waals surface area contributed by atoms with Gasteiger partial charge in [0.2, 0.25) is 0 Å². The Morgan fingerprint density at radius 2 is 1.68 bits per heavy atom. The summed E-state index contributed by atoms with van der Waals surface area (Å²) in [6, 6.07) is 24.3. The molecule has 1 saturated heterocycles. The molecule has 6 rings (SSSR count). The normalized spacial score (nSPS) is 20.0. The van der Waals surface area contributed by atoms with Crippen LogP contribution in [0.1, 0.15) is 29.9 Å². The van der Waals surface area contributed by atoms with Crippen LogP contribution in [0.15, 0.2) is 84.4 Å². The van der Waals surface area contributed by atoms with Gasteiger partial charge in [-0.1, -0.05) is 66.2 Å². The smallest absolute Gasteiger partial charge is 0.410 e. The minimum atomic E-state index is -0.261. The first-order chi connectivity index (χ1) is 18.2. The molecular weight excluding hydrogens is 466 g/mol. The lowest BCUT2D eigenvalue weighted by molar-refractivity contribution is -0.0366. The first-order valence-electron chi connectivity index (χ1n) is 12.9. The van der Waals surface area contributed by atoms with Crippen molar-refractivity contribution in [2.24, 2.45) is 0 Å². The van der Waals surface area contributed by atoms with Crippen molar-refractivity contribution in [3.8, 4) is 22.6 Å². The highest BCUT2D eigenvalue weighted by molar-refractivity contribution is 5.79. The summed E-state index contributed by atoms with van der Waals surface area (Å²) in [5.41, 5.74) is 6.19. The SMILES string of the molecule is COc1cccc(OCCC2=CC3COCC(C2)N3C(=O)OCC2c3ccccc3-c3ccccc32)c1. The van der Waals surface area contributed by atoms with Gasteiger partial charge >= 0.3 is 6.09 Å². The zero-order chi connectivity index (χ0) is 25.2. The van der Waals surface area contributed by atoms with E-state index in [1.807, 2.05) is 29.2 Å². The molecule has 37 heavy (non-hydrogen) atoms. The number of rotatable bonds is 7. The summed E-state index contributed by atoms with van der Waals surface area (Å²) in [7, 11) is 1.65. The minimum Gasteiger partial charge on any atom is -0.497 e. The number of ether oxygens (including phenoxy) is 4. The predicted molar refractivity (Wildman–Crippen MR) is 141 cm³/mol. The Labute approximate surface area is 217 Å². The van der Waals surface area contributed by atoms with Crippen LogP contribution in [-0.2, 0) is 9.47 Å². The van der Waals surface area contributed by atoms with Crippen molar-refractivity contribution in [3.63, 3.8) is 0 Å². The molecule has 0 saturated carbocycles. The first-order valence-corrected chi connectivity index (χ1v) is 12.9. The Kier molecular flexibility index (Phi) is 6.58. The van der Waals surface area contributed by atoms with Crippen LogP contribution >= 0.6 is 0 Å². The van der Waals surface area contributed by atoms with Crippen molar-refractivity contribution in [1.29, 1.82) is 0 Å². The van der Waals surface area contributed by atoms with E-state index in [1.54, 1.807) is 7.11 Å². The summed E-state index contributed by atoms with van der Waals surface area (Å²) in [5.74, 6) is 1.62. The molecule has 1 amide bonds. The third kappa shape index (κ3) is 4.69. The Balaban J connectivity index is 1.10. The molecule has 0 radical (unpaired) electrons. The highest BCUT2D eigenvalue weighted by Gasteiger charge is 2.39. The molecule has 0 N–H and O–H groups in total. The van der Waals surface area contributed by atoms with Crippen molar-refractivity contribution in [3.05, 3.63) is 95.6 Å². The summed E-state index contributed by atoms with van der Waals surface area (Å²) in [6.07, 6.45) is 3.47. The topological polar surface area (TPSA) is 57.2 Å². The van der Waals surface area contributed by atoms with E-state index >= 15 is 0 Å². The van der Waals surface area contributed by atoms with E-state index < -0.39 is 0 Å². The summed E-state index contributed by atoms with van der Waals surface area (Å²) in [6.45, 7) is 1.91. The maximum absolute atomic E-state index is 13.3. The monoisotopic (exact) mass is 497 g/mol.